The summed E-state index contributed by atoms with van der Waals surface area (Å²) in [6.45, 7) is 2.25. The topological polar surface area (TPSA) is 0 Å². The first-order valence-electron chi connectivity index (χ1n) is 5.29. The zero-order valence-corrected chi connectivity index (χ0v) is 9.50. The SMILES string of the molecule is CCCCC[CH-]Cc1ccccc1.[Li+]. The molecule has 0 fully saturated rings. The van der Waals surface area contributed by atoms with Crippen LogP contribution in [-0.4, -0.2) is 0 Å². The molecule has 0 bridgehead atoms. The van der Waals surface area contributed by atoms with Crippen LogP contribution >= 0.6 is 0 Å². The van der Waals surface area contributed by atoms with E-state index in [4.69, 9.17) is 0 Å². The standard InChI is InChI=1S/C13H19.Li/c1-2-3-4-5-7-10-13-11-8-6-9-12-13;/h6-9,11-12H,2-5,10H2,1H3;/q-1;+1. The van der Waals surface area contributed by atoms with Gasteiger partial charge in [0.05, 0.1) is 0 Å². The summed E-state index contributed by atoms with van der Waals surface area (Å²) in [5.74, 6) is 0. The number of benzene rings is 1. The number of unbranched alkanes of at least 4 members (excludes halogenated alkanes) is 4. The van der Waals surface area contributed by atoms with Crippen LogP contribution in [0.3, 0.4) is 0 Å². The van der Waals surface area contributed by atoms with E-state index in [1.54, 1.807) is 0 Å². The first-order chi connectivity index (χ1) is 6.43. The first kappa shape index (κ1) is 13.8. The maximum absolute atomic E-state index is 2.39. The fourth-order valence-electron chi connectivity index (χ4n) is 1.42. The minimum Gasteiger partial charge on any atom is -0.324 e. The molecular formula is C13H19Li. The van der Waals surface area contributed by atoms with E-state index in [1.807, 2.05) is 0 Å². The third-order valence-electron chi connectivity index (χ3n) is 2.23. The van der Waals surface area contributed by atoms with Crippen LogP contribution in [0.25, 0.3) is 0 Å². The van der Waals surface area contributed by atoms with Crippen LogP contribution in [0.2, 0.25) is 0 Å². The Hall–Kier alpha value is -0.183. The van der Waals surface area contributed by atoms with Gasteiger partial charge in [-0.2, -0.15) is 12.8 Å². The molecule has 1 heteroatoms. The molecule has 0 saturated carbocycles. The number of rotatable bonds is 6. The maximum Gasteiger partial charge on any atom is 1.00 e. The van der Waals surface area contributed by atoms with Crippen molar-refractivity contribution in [1.29, 1.82) is 0 Å². The Balaban J connectivity index is 0.00000169. The Morgan fingerprint density at radius 3 is 2.43 bits per heavy atom. The second kappa shape index (κ2) is 9.38. The van der Waals surface area contributed by atoms with Crippen molar-refractivity contribution in [3.05, 3.63) is 42.3 Å². The molecule has 0 N–H and O–H groups in total. The van der Waals surface area contributed by atoms with E-state index < -0.39 is 0 Å². The molecule has 0 saturated heterocycles. The van der Waals surface area contributed by atoms with E-state index in [1.165, 1.54) is 31.2 Å². The molecule has 1 aromatic rings. The molecule has 14 heavy (non-hydrogen) atoms. The molecular weight excluding hydrogens is 163 g/mol. The summed E-state index contributed by atoms with van der Waals surface area (Å²) >= 11 is 0. The molecule has 0 spiro atoms. The molecule has 0 heterocycles. The molecule has 1 aromatic carbocycles. The van der Waals surface area contributed by atoms with Gasteiger partial charge in [0.1, 0.15) is 0 Å². The van der Waals surface area contributed by atoms with Gasteiger partial charge in [0.2, 0.25) is 0 Å². The van der Waals surface area contributed by atoms with Gasteiger partial charge in [0.15, 0.2) is 0 Å². The van der Waals surface area contributed by atoms with Gasteiger partial charge in [-0.15, -0.1) is 0 Å². The summed E-state index contributed by atoms with van der Waals surface area (Å²) in [6.07, 6.45) is 8.83. The van der Waals surface area contributed by atoms with Gasteiger partial charge < -0.3 is 6.42 Å². The quantitative estimate of drug-likeness (QED) is 0.350. The summed E-state index contributed by atoms with van der Waals surface area (Å²) in [4.78, 5) is 0. The Morgan fingerprint density at radius 1 is 1.07 bits per heavy atom. The summed E-state index contributed by atoms with van der Waals surface area (Å²) in [7, 11) is 0. The average molecular weight is 182 g/mol. The smallest absolute Gasteiger partial charge is 0.324 e. The molecule has 72 valence electrons. The third kappa shape index (κ3) is 6.30. The number of hydrogen-bond acceptors (Lipinski definition) is 0. The second-order valence-corrected chi connectivity index (χ2v) is 3.47. The first-order valence-corrected chi connectivity index (χ1v) is 5.29. The monoisotopic (exact) mass is 182 g/mol. The van der Waals surface area contributed by atoms with E-state index in [-0.39, 0.29) is 18.9 Å². The maximum atomic E-state index is 2.39. The molecule has 0 radical (unpaired) electrons. The summed E-state index contributed by atoms with van der Waals surface area (Å²) in [5.41, 5.74) is 1.43. The van der Waals surface area contributed by atoms with Gasteiger partial charge in [-0.1, -0.05) is 62.1 Å². The third-order valence-corrected chi connectivity index (χ3v) is 2.23. The Morgan fingerprint density at radius 2 is 1.79 bits per heavy atom. The normalized spacial score (nSPS) is 9.50. The molecule has 0 atom stereocenters. The van der Waals surface area contributed by atoms with Crippen molar-refractivity contribution in [2.24, 2.45) is 0 Å². The molecule has 0 amide bonds. The van der Waals surface area contributed by atoms with Gasteiger partial charge >= 0.3 is 18.9 Å². The van der Waals surface area contributed by atoms with Crippen LogP contribution in [0.1, 0.15) is 38.2 Å². The van der Waals surface area contributed by atoms with Gasteiger partial charge in [0, 0.05) is 0 Å². The van der Waals surface area contributed by atoms with Crippen LogP contribution < -0.4 is 18.9 Å². The zero-order chi connectivity index (χ0) is 9.36. The largest absolute Gasteiger partial charge is 1.00 e. The van der Waals surface area contributed by atoms with Crippen molar-refractivity contribution in [3.63, 3.8) is 0 Å². The van der Waals surface area contributed by atoms with Crippen molar-refractivity contribution in [1.82, 2.24) is 0 Å². The van der Waals surface area contributed by atoms with Crippen LogP contribution in [0.15, 0.2) is 30.3 Å². The Bertz CT molecular complexity index is 206. The van der Waals surface area contributed by atoms with Crippen LogP contribution in [-0.2, 0) is 6.42 Å². The number of hydrogen-bond donors (Lipinski definition) is 0. The molecule has 1 rings (SSSR count). The van der Waals surface area contributed by atoms with E-state index in [2.05, 4.69) is 43.7 Å². The Labute approximate surface area is 100 Å². The summed E-state index contributed by atoms with van der Waals surface area (Å²) in [5, 5.41) is 0. The molecule has 0 aliphatic carbocycles. The van der Waals surface area contributed by atoms with Crippen molar-refractivity contribution in [2.45, 2.75) is 39.0 Å². The van der Waals surface area contributed by atoms with Gasteiger partial charge in [0.25, 0.3) is 0 Å². The van der Waals surface area contributed by atoms with Crippen molar-refractivity contribution >= 4 is 0 Å². The van der Waals surface area contributed by atoms with Crippen LogP contribution in [0.4, 0.5) is 0 Å². The zero-order valence-electron chi connectivity index (χ0n) is 9.50. The van der Waals surface area contributed by atoms with Crippen molar-refractivity contribution in [3.8, 4) is 0 Å². The molecule has 0 unspecified atom stereocenters. The average Bonchev–Trinajstić information content (AvgIpc) is 2.19. The predicted octanol–water partition coefficient (Wildman–Crippen LogP) is 1.02. The van der Waals surface area contributed by atoms with Crippen molar-refractivity contribution < 1.29 is 18.9 Å². The second-order valence-electron chi connectivity index (χ2n) is 3.47. The van der Waals surface area contributed by atoms with Gasteiger partial charge in [-0.05, 0) is 0 Å². The fraction of sp³-hybridized carbons (Fsp3) is 0.462. The minimum absolute atomic E-state index is 0. The van der Waals surface area contributed by atoms with E-state index in [0.29, 0.717) is 0 Å². The van der Waals surface area contributed by atoms with Gasteiger partial charge in [-0.3, -0.25) is 0 Å². The molecule has 0 aliphatic rings. The van der Waals surface area contributed by atoms with E-state index in [9.17, 15) is 0 Å². The van der Waals surface area contributed by atoms with E-state index >= 15 is 0 Å². The van der Waals surface area contributed by atoms with E-state index in [0.717, 1.165) is 6.42 Å². The fourth-order valence-corrected chi connectivity index (χ4v) is 1.42. The Kier molecular flexibility index (Phi) is 9.25. The van der Waals surface area contributed by atoms with Gasteiger partial charge in [-0.25, -0.2) is 0 Å². The molecule has 0 nitrogen and oxygen atoms in total. The summed E-state index contributed by atoms with van der Waals surface area (Å²) in [6, 6.07) is 10.7. The van der Waals surface area contributed by atoms with Crippen LogP contribution in [0, 0.1) is 6.42 Å². The predicted molar refractivity (Wildman–Crippen MR) is 58.6 cm³/mol. The molecule has 0 aromatic heterocycles. The van der Waals surface area contributed by atoms with Crippen LogP contribution in [0.5, 0.6) is 0 Å². The summed E-state index contributed by atoms with van der Waals surface area (Å²) < 4.78 is 0. The molecule has 0 aliphatic heterocycles. The minimum atomic E-state index is 0. The van der Waals surface area contributed by atoms with Crippen molar-refractivity contribution in [2.75, 3.05) is 0 Å².